The van der Waals surface area contributed by atoms with Crippen molar-refractivity contribution in [3.05, 3.63) is 33.4 Å². The zero-order valence-electron chi connectivity index (χ0n) is 12.8. The third kappa shape index (κ3) is 3.88. The van der Waals surface area contributed by atoms with Gasteiger partial charge in [0.2, 0.25) is 6.29 Å². The fourth-order valence-electron chi connectivity index (χ4n) is 3.07. The molecule has 2 unspecified atom stereocenters. The van der Waals surface area contributed by atoms with Crippen molar-refractivity contribution in [2.45, 2.75) is 50.3 Å². The van der Waals surface area contributed by atoms with E-state index >= 15 is 0 Å². The minimum Gasteiger partial charge on any atom is -0.336 e. The highest BCUT2D eigenvalue weighted by molar-refractivity contribution is 14.1. The molecule has 1 saturated carbocycles. The Bertz CT molecular complexity index is 660. The molecule has 0 amide bonds. The van der Waals surface area contributed by atoms with Gasteiger partial charge in [0, 0.05) is 23.5 Å². The van der Waals surface area contributed by atoms with Crippen molar-refractivity contribution in [1.82, 2.24) is 4.72 Å². The van der Waals surface area contributed by atoms with Crippen LogP contribution in [0.15, 0.2) is 24.3 Å². The molecule has 1 aliphatic heterocycles. The van der Waals surface area contributed by atoms with Gasteiger partial charge in [-0.15, -0.1) is 0 Å². The van der Waals surface area contributed by atoms with Gasteiger partial charge in [-0.2, -0.15) is 13.1 Å². The van der Waals surface area contributed by atoms with Crippen molar-refractivity contribution < 1.29 is 22.1 Å². The van der Waals surface area contributed by atoms with Gasteiger partial charge in [0.15, 0.2) is 5.79 Å². The zero-order valence-corrected chi connectivity index (χ0v) is 15.8. The topological polar surface area (TPSA) is 73.9 Å². The molecular formula is C15H20INO5S. The number of rotatable bonds is 4. The second-order valence-corrected chi connectivity index (χ2v) is 8.44. The van der Waals surface area contributed by atoms with E-state index in [1.807, 2.05) is 24.3 Å². The van der Waals surface area contributed by atoms with E-state index in [1.165, 1.54) is 7.05 Å². The number of benzene rings is 1. The van der Waals surface area contributed by atoms with E-state index in [0.29, 0.717) is 0 Å². The Balaban J connectivity index is 1.91. The highest BCUT2D eigenvalue weighted by Crippen LogP contribution is 2.47. The highest BCUT2D eigenvalue weighted by atomic mass is 127. The Morgan fingerprint density at radius 3 is 2.57 bits per heavy atom. The molecule has 2 fully saturated rings. The molecule has 1 N–H and O–H groups in total. The summed E-state index contributed by atoms with van der Waals surface area (Å²) in [6.07, 6.45) is 3.11. The quantitative estimate of drug-likeness (QED) is 0.710. The molecule has 2 atom stereocenters. The third-order valence-electron chi connectivity index (χ3n) is 4.22. The lowest BCUT2D eigenvalue weighted by Gasteiger charge is -2.31. The summed E-state index contributed by atoms with van der Waals surface area (Å²) >= 11 is 2.21. The van der Waals surface area contributed by atoms with Crippen molar-refractivity contribution in [2.75, 3.05) is 7.05 Å². The van der Waals surface area contributed by atoms with E-state index in [2.05, 4.69) is 27.3 Å². The maximum Gasteiger partial charge on any atom is 0.338 e. The standard InChI is InChI=1S/C15H20INO5S/c1-17-23(18,19)22-14-13(11-7-3-4-8-12(11)16)20-15(21-14)9-5-2-6-10-15/h3-4,7-8,13-14,17H,2,5-6,9-10H2,1H3. The van der Waals surface area contributed by atoms with Crippen molar-refractivity contribution in [2.24, 2.45) is 0 Å². The monoisotopic (exact) mass is 453 g/mol. The largest absolute Gasteiger partial charge is 0.338 e. The van der Waals surface area contributed by atoms with Gasteiger partial charge in [-0.3, -0.25) is 0 Å². The number of halogens is 1. The van der Waals surface area contributed by atoms with Crippen LogP contribution in [-0.2, 0) is 24.0 Å². The van der Waals surface area contributed by atoms with E-state index in [9.17, 15) is 8.42 Å². The number of hydrogen-bond donors (Lipinski definition) is 1. The Kier molecular flexibility index (Phi) is 5.29. The van der Waals surface area contributed by atoms with Gasteiger partial charge in [-0.1, -0.05) is 24.6 Å². The molecule has 1 saturated heterocycles. The van der Waals surface area contributed by atoms with Gasteiger partial charge in [0.05, 0.1) is 0 Å². The van der Waals surface area contributed by atoms with Gasteiger partial charge in [0.25, 0.3) is 0 Å². The minimum absolute atomic E-state index is 0.565. The van der Waals surface area contributed by atoms with Crippen LogP contribution in [0.25, 0.3) is 0 Å². The average Bonchev–Trinajstić information content (AvgIpc) is 2.85. The number of hydrogen-bond acceptors (Lipinski definition) is 5. The Labute approximate surface area is 150 Å². The van der Waals surface area contributed by atoms with E-state index < -0.39 is 28.5 Å². The molecule has 6 nitrogen and oxygen atoms in total. The van der Waals surface area contributed by atoms with Crippen LogP contribution in [0.4, 0.5) is 0 Å². The van der Waals surface area contributed by atoms with Gasteiger partial charge in [0.1, 0.15) is 6.10 Å². The van der Waals surface area contributed by atoms with E-state index in [1.54, 1.807) is 0 Å². The van der Waals surface area contributed by atoms with Gasteiger partial charge in [-0.25, -0.2) is 4.18 Å². The van der Waals surface area contributed by atoms with E-state index in [4.69, 9.17) is 13.7 Å². The van der Waals surface area contributed by atoms with E-state index in [0.717, 1.165) is 41.2 Å². The van der Waals surface area contributed by atoms with Crippen LogP contribution in [0, 0.1) is 3.57 Å². The molecule has 1 aliphatic carbocycles. The first-order valence-corrected chi connectivity index (χ1v) is 10.2. The molecule has 23 heavy (non-hydrogen) atoms. The van der Waals surface area contributed by atoms with Crippen molar-refractivity contribution >= 4 is 32.9 Å². The smallest absolute Gasteiger partial charge is 0.336 e. The Hall–Kier alpha value is -0.260. The zero-order chi connectivity index (χ0) is 16.5. The summed E-state index contributed by atoms with van der Waals surface area (Å²) < 4.78 is 44.2. The molecule has 0 bridgehead atoms. The molecule has 1 aromatic carbocycles. The van der Waals surface area contributed by atoms with Crippen LogP contribution < -0.4 is 4.72 Å². The molecule has 1 aromatic rings. The van der Waals surface area contributed by atoms with Crippen LogP contribution in [-0.4, -0.2) is 27.5 Å². The van der Waals surface area contributed by atoms with Gasteiger partial charge < -0.3 is 9.47 Å². The van der Waals surface area contributed by atoms with Crippen LogP contribution in [0.2, 0.25) is 0 Å². The molecule has 8 heteroatoms. The predicted molar refractivity (Wildman–Crippen MR) is 92.7 cm³/mol. The summed E-state index contributed by atoms with van der Waals surface area (Å²) in [5.41, 5.74) is 0.881. The number of ether oxygens (including phenoxy) is 2. The molecule has 1 heterocycles. The highest BCUT2D eigenvalue weighted by Gasteiger charge is 2.51. The van der Waals surface area contributed by atoms with Gasteiger partial charge in [-0.05, 0) is 47.1 Å². The van der Waals surface area contributed by atoms with Crippen molar-refractivity contribution in [3.8, 4) is 0 Å². The van der Waals surface area contributed by atoms with Crippen LogP contribution in [0.1, 0.15) is 43.8 Å². The average molecular weight is 453 g/mol. The maximum absolute atomic E-state index is 11.8. The molecule has 0 aromatic heterocycles. The first-order chi connectivity index (χ1) is 10.9. The second-order valence-electron chi connectivity index (χ2n) is 5.77. The summed E-state index contributed by atoms with van der Waals surface area (Å²) in [6.45, 7) is 0. The molecule has 3 rings (SSSR count). The van der Waals surface area contributed by atoms with Crippen LogP contribution >= 0.6 is 22.6 Å². The summed E-state index contributed by atoms with van der Waals surface area (Å²) in [7, 11) is -2.56. The molecule has 0 radical (unpaired) electrons. The fraction of sp³-hybridized carbons (Fsp3) is 0.600. The molecule has 2 aliphatic rings. The van der Waals surface area contributed by atoms with Crippen LogP contribution in [0.3, 0.4) is 0 Å². The minimum atomic E-state index is -3.87. The first-order valence-electron chi connectivity index (χ1n) is 7.66. The SMILES string of the molecule is CNS(=O)(=O)OC1OC2(CCCCC2)OC1c1ccccc1I. The summed E-state index contributed by atoms with van der Waals surface area (Å²) in [5, 5.41) is 0. The first kappa shape index (κ1) is 17.6. The normalized spacial score (nSPS) is 27.4. The molecular weight excluding hydrogens is 433 g/mol. The lowest BCUT2D eigenvalue weighted by atomic mass is 9.94. The number of nitrogens with one attached hydrogen (secondary N) is 1. The lowest BCUT2D eigenvalue weighted by molar-refractivity contribution is -0.210. The second kappa shape index (κ2) is 6.93. The van der Waals surface area contributed by atoms with Gasteiger partial charge >= 0.3 is 10.3 Å². The molecule has 128 valence electrons. The summed E-state index contributed by atoms with van der Waals surface area (Å²) in [6, 6.07) is 7.70. The lowest BCUT2D eigenvalue weighted by Crippen LogP contribution is -2.35. The maximum atomic E-state index is 11.8. The van der Waals surface area contributed by atoms with E-state index in [-0.39, 0.29) is 0 Å². The summed E-state index contributed by atoms with van der Waals surface area (Å²) in [4.78, 5) is 0. The fourth-order valence-corrected chi connectivity index (χ4v) is 4.25. The molecule has 1 spiro atoms. The Morgan fingerprint density at radius 2 is 1.91 bits per heavy atom. The Morgan fingerprint density at radius 1 is 1.22 bits per heavy atom. The van der Waals surface area contributed by atoms with Crippen molar-refractivity contribution in [3.63, 3.8) is 0 Å². The summed E-state index contributed by atoms with van der Waals surface area (Å²) in [5.74, 6) is -0.740. The third-order valence-corrected chi connectivity index (χ3v) is 6.14. The predicted octanol–water partition coefficient (Wildman–Crippen LogP) is 2.85. The van der Waals surface area contributed by atoms with Crippen molar-refractivity contribution in [1.29, 1.82) is 0 Å². The van der Waals surface area contributed by atoms with Crippen LogP contribution in [0.5, 0.6) is 0 Å².